The summed E-state index contributed by atoms with van der Waals surface area (Å²) in [5.41, 5.74) is 5.96. The molecule has 0 unspecified atom stereocenters. The number of rotatable bonds is 3. The smallest absolute Gasteiger partial charge is 0.214 e. The Morgan fingerprint density at radius 3 is 2.83 bits per heavy atom. The van der Waals surface area contributed by atoms with Crippen LogP contribution in [0.1, 0.15) is 12.1 Å². The average Bonchev–Trinajstić information content (AvgIpc) is 1.99. The predicted octanol–water partition coefficient (Wildman–Crippen LogP) is 1.77. The Kier molecular flexibility index (Phi) is 3.44. The fourth-order valence-corrected chi connectivity index (χ4v) is 1.14. The fraction of sp³-hybridized carbons (Fsp3) is 0.375. The van der Waals surface area contributed by atoms with Gasteiger partial charge in [-0.25, -0.2) is 4.98 Å². The van der Waals surface area contributed by atoms with Crippen molar-refractivity contribution in [3.05, 3.63) is 28.8 Å². The third-order valence-corrected chi connectivity index (χ3v) is 1.67. The van der Waals surface area contributed by atoms with Crippen molar-refractivity contribution in [2.45, 2.75) is 12.8 Å². The Balaban J connectivity index is 2.72. The van der Waals surface area contributed by atoms with E-state index in [4.69, 9.17) is 17.3 Å². The number of halogens is 2. The predicted molar refractivity (Wildman–Crippen MR) is 46.6 cm³/mol. The zero-order valence-corrected chi connectivity index (χ0v) is 7.31. The lowest BCUT2D eigenvalue weighted by molar-refractivity contribution is 0.575. The van der Waals surface area contributed by atoms with Crippen molar-refractivity contribution in [1.82, 2.24) is 4.98 Å². The molecule has 2 N–H and O–H groups in total. The molecule has 2 nitrogen and oxygen atoms in total. The molecule has 0 aliphatic rings. The van der Waals surface area contributed by atoms with Gasteiger partial charge in [0.15, 0.2) is 0 Å². The molecule has 1 heterocycles. The van der Waals surface area contributed by atoms with E-state index in [2.05, 4.69) is 4.98 Å². The molecule has 0 aliphatic heterocycles. The van der Waals surface area contributed by atoms with E-state index in [0.717, 1.165) is 6.42 Å². The second-order valence-electron chi connectivity index (χ2n) is 2.49. The lowest BCUT2D eigenvalue weighted by Gasteiger charge is -1.99. The van der Waals surface area contributed by atoms with Crippen molar-refractivity contribution < 1.29 is 4.39 Å². The van der Waals surface area contributed by atoms with Crippen LogP contribution >= 0.6 is 11.6 Å². The first-order chi connectivity index (χ1) is 5.72. The Morgan fingerprint density at radius 1 is 1.50 bits per heavy atom. The third-order valence-electron chi connectivity index (χ3n) is 1.45. The second-order valence-corrected chi connectivity index (χ2v) is 2.93. The maximum Gasteiger partial charge on any atom is 0.214 e. The van der Waals surface area contributed by atoms with Crippen molar-refractivity contribution >= 4 is 11.6 Å². The number of pyridine rings is 1. The van der Waals surface area contributed by atoms with E-state index in [1.165, 1.54) is 6.07 Å². The van der Waals surface area contributed by atoms with E-state index in [0.29, 0.717) is 23.7 Å². The third kappa shape index (κ3) is 2.75. The van der Waals surface area contributed by atoms with Crippen molar-refractivity contribution in [1.29, 1.82) is 0 Å². The van der Waals surface area contributed by atoms with Crippen LogP contribution in [0.3, 0.4) is 0 Å². The van der Waals surface area contributed by atoms with Crippen molar-refractivity contribution in [3.63, 3.8) is 0 Å². The minimum absolute atomic E-state index is 0.384. The Labute approximate surface area is 75.6 Å². The van der Waals surface area contributed by atoms with Crippen LogP contribution in [-0.4, -0.2) is 11.5 Å². The molecular weight excluding hydrogens is 179 g/mol. The number of aryl methyl sites for hydroxylation is 1. The molecule has 1 aromatic heterocycles. The fourth-order valence-electron chi connectivity index (χ4n) is 0.928. The second kappa shape index (κ2) is 4.38. The van der Waals surface area contributed by atoms with Gasteiger partial charge in [0.2, 0.25) is 5.95 Å². The average molecular weight is 189 g/mol. The monoisotopic (exact) mass is 188 g/mol. The molecule has 1 rings (SSSR count). The standard InChI is InChI=1S/C8H10ClFN2/c9-6-4-7(2-1-3-11)12-8(10)5-6/h4-5H,1-3,11H2. The highest BCUT2D eigenvalue weighted by molar-refractivity contribution is 6.30. The van der Waals surface area contributed by atoms with Gasteiger partial charge in [0, 0.05) is 16.8 Å². The van der Waals surface area contributed by atoms with Crippen molar-refractivity contribution in [3.8, 4) is 0 Å². The zero-order chi connectivity index (χ0) is 8.97. The van der Waals surface area contributed by atoms with Gasteiger partial charge in [0.05, 0.1) is 0 Å². The Hall–Kier alpha value is -0.670. The number of nitrogens with zero attached hydrogens (tertiary/aromatic N) is 1. The molecule has 0 fully saturated rings. The van der Waals surface area contributed by atoms with Gasteiger partial charge in [0.1, 0.15) is 0 Å². The van der Waals surface area contributed by atoms with E-state index < -0.39 is 5.95 Å². The molecule has 0 amide bonds. The summed E-state index contributed by atoms with van der Waals surface area (Å²) in [5.74, 6) is -0.533. The van der Waals surface area contributed by atoms with Gasteiger partial charge in [-0.15, -0.1) is 0 Å². The van der Waals surface area contributed by atoms with Gasteiger partial charge in [0.25, 0.3) is 0 Å². The number of hydrogen-bond donors (Lipinski definition) is 1. The molecule has 0 aromatic carbocycles. The van der Waals surface area contributed by atoms with Crippen LogP contribution in [0, 0.1) is 5.95 Å². The van der Waals surface area contributed by atoms with Crippen molar-refractivity contribution in [2.75, 3.05) is 6.54 Å². The van der Waals surface area contributed by atoms with Crippen LogP contribution in [0.25, 0.3) is 0 Å². The number of aromatic nitrogens is 1. The minimum atomic E-state index is -0.533. The highest BCUT2D eigenvalue weighted by Crippen LogP contribution is 2.11. The van der Waals surface area contributed by atoms with E-state index in [-0.39, 0.29) is 0 Å². The SMILES string of the molecule is NCCCc1cc(Cl)cc(F)n1. The Bertz CT molecular complexity index is 245. The first-order valence-corrected chi connectivity index (χ1v) is 4.12. The first kappa shape index (κ1) is 9.42. The van der Waals surface area contributed by atoms with Gasteiger partial charge in [-0.2, -0.15) is 4.39 Å². The van der Waals surface area contributed by atoms with Gasteiger partial charge in [-0.05, 0) is 25.5 Å². The topological polar surface area (TPSA) is 38.9 Å². The molecule has 0 spiro atoms. The largest absolute Gasteiger partial charge is 0.330 e. The van der Waals surface area contributed by atoms with Crippen LogP contribution < -0.4 is 5.73 Å². The van der Waals surface area contributed by atoms with Crippen LogP contribution in [0.5, 0.6) is 0 Å². The molecule has 0 saturated heterocycles. The highest BCUT2D eigenvalue weighted by atomic mass is 35.5. The van der Waals surface area contributed by atoms with Gasteiger partial charge >= 0.3 is 0 Å². The molecule has 1 aromatic rings. The van der Waals surface area contributed by atoms with E-state index in [1.807, 2.05) is 0 Å². The van der Waals surface area contributed by atoms with E-state index >= 15 is 0 Å². The van der Waals surface area contributed by atoms with E-state index in [1.54, 1.807) is 6.07 Å². The lowest BCUT2D eigenvalue weighted by Crippen LogP contribution is -2.02. The summed E-state index contributed by atoms with van der Waals surface area (Å²) in [7, 11) is 0. The molecular formula is C8H10ClFN2. The van der Waals surface area contributed by atoms with Gasteiger partial charge in [-0.1, -0.05) is 11.6 Å². The quantitative estimate of drug-likeness (QED) is 0.735. The summed E-state index contributed by atoms with van der Waals surface area (Å²) < 4.78 is 12.6. The van der Waals surface area contributed by atoms with Gasteiger partial charge < -0.3 is 5.73 Å². The molecule has 0 aliphatic carbocycles. The minimum Gasteiger partial charge on any atom is -0.330 e. The molecule has 4 heteroatoms. The van der Waals surface area contributed by atoms with Gasteiger partial charge in [-0.3, -0.25) is 0 Å². The lowest BCUT2D eigenvalue weighted by atomic mass is 10.2. The highest BCUT2D eigenvalue weighted by Gasteiger charge is 1.99. The van der Waals surface area contributed by atoms with Crippen molar-refractivity contribution in [2.24, 2.45) is 5.73 Å². The summed E-state index contributed by atoms with van der Waals surface area (Å²) in [6.45, 7) is 0.579. The summed E-state index contributed by atoms with van der Waals surface area (Å²) in [5, 5.41) is 0.384. The molecule has 0 saturated carbocycles. The molecule has 0 bridgehead atoms. The normalized spacial score (nSPS) is 10.2. The summed E-state index contributed by atoms with van der Waals surface area (Å²) in [6.07, 6.45) is 1.47. The van der Waals surface area contributed by atoms with Crippen LogP contribution in [0.15, 0.2) is 12.1 Å². The summed E-state index contributed by atoms with van der Waals surface area (Å²) in [4.78, 5) is 3.66. The maximum atomic E-state index is 12.6. The summed E-state index contributed by atoms with van der Waals surface area (Å²) in [6, 6.07) is 2.84. The molecule has 12 heavy (non-hydrogen) atoms. The number of nitrogens with two attached hydrogens (primary N) is 1. The zero-order valence-electron chi connectivity index (χ0n) is 6.56. The molecule has 0 atom stereocenters. The first-order valence-electron chi connectivity index (χ1n) is 3.74. The number of hydrogen-bond acceptors (Lipinski definition) is 2. The Morgan fingerprint density at radius 2 is 2.25 bits per heavy atom. The molecule has 0 radical (unpaired) electrons. The maximum absolute atomic E-state index is 12.6. The van der Waals surface area contributed by atoms with Crippen LogP contribution in [0.4, 0.5) is 4.39 Å². The molecule has 66 valence electrons. The van der Waals surface area contributed by atoms with Crippen LogP contribution in [-0.2, 0) is 6.42 Å². The summed E-state index contributed by atoms with van der Waals surface area (Å²) >= 11 is 5.62. The van der Waals surface area contributed by atoms with E-state index in [9.17, 15) is 4.39 Å². The van der Waals surface area contributed by atoms with Crippen LogP contribution in [0.2, 0.25) is 5.02 Å².